The Hall–Kier alpha value is -3.09. The molecule has 0 spiro atoms. The average Bonchev–Trinajstić information content (AvgIpc) is 2.52. The number of hydrogen-bond acceptors (Lipinski definition) is 5. The molecular formula is C15H14N4O3. The van der Waals surface area contributed by atoms with E-state index in [1.54, 1.807) is 32.2 Å². The lowest BCUT2D eigenvalue weighted by molar-refractivity contribution is -0.385. The van der Waals surface area contributed by atoms with E-state index in [-0.39, 0.29) is 5.69 Å². The molecular weight excluding hydrogens is 284 g/mol. The van der Waals surface area contributed by atoms with Crippen molar-refractivity contribution < 1.29 is 9.72 Å². The molecule has 1 amide bonds. The molecule has 0 saturated carbocycles. The predicted molar refractivity (Wildman–Crippen MR) is 81.7 cm³/mol. The van der Waals surface area contributed by atoms with Crippen molar-refractivity contribution in [2.45, 2.75) is 13.8 Å². The summed E-state index contributed by atoms with van der Waals surface area (Å²) in [5.74, 6) is -0.437. The number of aromatic nitrogens is 1. The molecule has 0 radical (unpaired) electrons. The van der Waals surface area contributed by atoms with Gasteiger partial charge < -0.3 is 0 Å². The summed E-state index contributed by atoms with van der Waals surface area (Å²) < 4.78 is 0. The van der Waals surface area contributed by atoms with Gasteiger partial charge in [0.25, 0.3) is 11.6 Å². The summed E-state index contributed by atoms with van der Waals surface area (Å²) in [5.41, 5.74) is 4.33. The van der Waals surface area contributed by atoms with Crippen molar-refractivity contribution in [3.05, 3.63) is 69.5 Å². The number of nitro groups is 1. The molecule has 0 fully saturated rings. The maximum atomic E-state index is 12.0. The molecule has 0 aliphatic rings. The lowest BCUT2D eigenvalue weighted by Gasteiger charge is -2.04. The summed E-state index contributed by atoms with van der Waals surface area (Å²) in [4.78, 5) is 26.4. The maximum absolute atomic E-state index is 12.0. The van der Waals surface area contributed by atoms with E-state index >= 15 is 0 Å². The maximum Gasteiger partial charge on any atom is 0.272 e. The summed E-state index contributed by atoms with van der Waals surface area (Å²) in [6.07, 6.45) is 1.63. The first-order chi connectivity index (χ1) is 10.5. The van der Waals surface area contributed by atoms with Gasteiger partial charge in [-0.2, -0.15) is 5.10 Å². The zero-order chi connectivity index (χ0) is 16.1. The number of hydrogen-bond donors (Lipinski definition) is 1. The fourth-order valence-corrected chi connectivity index (χ4v) is 1.83. The number of hydrazone groups is 1. The minimum absolute atomic E-state index is 0.0234. The number of carbonyl (C=O) groups is 1. The lowest BCUT2D eigenvalue weighted by atomic mass is 10.1. The van der Waals surface area contributed by atoms with E-state index in [0.717, 1.165) is 0 Å². The van der Waals surface area contributed by atoms with Gasteiger partial charge in [0, 0.05) is 23.4 Å². The van der Waals surface area contributed by atoms with Gasteiger partial charge in [0.2, 0.25) is 0 Å². The van der Waals surface area contributed by atoms with Crippen LogP contribution in [0.3, 0.4) is 0 Å². The summed E-state index contributed by atoms with van der Waals surface area (Å²) in [6.45, 7) is 3.31. The monoisotopic (exact) mass is 298 g/mol. The SMILES string of the molecule is CC(=NNC(=O)c1ccc([N+](=O)[O-])c(C)c1)c1ccccn1. The third-order valence-corrected chi connectivity index (χ3v) is 3.02. The molecule has 0 saturated heterocycles. The second kappa shape index (κ2) is 6.57. The highest BCUT2D eigenvalue weighted by Crippen LogP contribution is 2.18. The molecule has 0 atom stereocenters. The number of nitrogens with one attached hydrogen (secondary N) is 1. The van der Waals surface area contributed by atoms with Crippen molar-refractivity contribution >= 4 is 17.3 Å². The van der Waals surface area contributed by atoms with Crippen LogP contribution >= 0.6 is 0 Å². The smallest absolute Gasteiger partial charge is 0.267 e. The van der Waals surface area contributed by atoms with Gasteiger partial charge in [-0.1, -0.05) is 6.07 Å². The van der Waals surface area contributed by atoms with E-state index in [4.69, 9.17) is 0 Å². The average molecular weight is 298 g/mol. The first-order valence-electron chi connectivity index (χ1n) is 6.50. The molecule has 112 valence electrons. The van der Waals surface area contributed by atoms with Crippen LogP contribution in [0.2, 0.25) is 0 Å². The van der Waals surface area contributed by atoms with Gasteiger partial charge in [0.15, 0.2) is 0 Å². The third kappa shape index (κ3) is 3.51. The van der Waals surface area contributed by atoms with Crippen molar-refractivity contribution in [2.24, 2.45) is 5.10 Å². The summed E-state index contributed by atoms with van der Waals surface area (Å²) in [6, 6.07) is 9.55. The molecule has 0 aliphatic heterocycles. The molecule has 1 heterocycles. The number of pyridine rings is 1. The molecule has 0 aliphatic carbocycles. The Labute approximate surface area is 126 Å². The van der Waals surface area contributed by atoms with Gasteiger partial charge in [-0.3, -0.25) is 19.9 Å². The molecule has 0 bridgehead atoms. The Morgan fingerprint density at radius 2 is 2.09 bits per heavy atom. The van der Waals surface area contributed by atoms with Gasteiger partial charge in [-0.05, 0) is 38.1 Å². The summed E-state index contributed by atoms with van der Waals surface area (Å²) >= 11 is 0. The van der Waals surface area contributed by atoms with E-state index in [1.165, 1.54) is 18.2 Å². The van der Waals surface area contributed by atoms with Gasteiger partial charge in [-0.25, -0.2) is 5.43 Å². The van der Waals surface area contributed by atoms with E-state index in [2.05, 4.69) is 15.5 Å². The Morgan fingerprint density at radius 1 is 1.32 bits per heavy atom. The first-order valence-corrected chi connectivity index (χ1v) is 6.50. The fraction of sp³-hybridized carbons (Fsp3) is 0.133. The van der Waals surface area contributed by atoms with Crippen LogP contribution in [0.5, 0.6) is 0 Å². The van der Waals surface area contributed by atoms with Crippen LogP contribution in [0, 0.1) is 17.0 Å². The lowest BCUT2D eigenvalue weighted by Crippen LogP contribution is -2.19. The van der Waals surface area contributed by atoms with Gasteiger partial charge in [0.05, 0.1) is 16.3 Å². The second-order valence-electron chi connectivity index (χ2n) is 4.61. The zero-order valence-corrected chi connectivity index (χ0v) is 12.1. The molecule has 0 unspecified atom stereocenters. The van der Waals surface area contributed by atoms with E-state index in [9.17, 15) is 14.9 Å². The van der Waals surface area contributed by atoms with Gasteiger partial charge in [0.1, 0.15) is 0 Å². The highest BCUT2D eigenvalue weighted by atomic mass is 16.6. The van der Waals surface area contributed by atoms with Crippen molar-refractivity contribution in [1.29, 1.82) is 0 Å². The number of nitrogens with zero attached hydrogens (tertiary/aromatic N) is 3. The van der Waals surface area contributed by atoms with Crippen LogP contribution < -0.4 is 5.43 Å². The summed E-state index contributed by atoms with van der Waals surface area (Å²) in [7, 11) is 0. The van der Waals surface area contributed by atoms with Crippen LogP contribution in [0.25, 0.3) is 0 Å². The van der Waals surface area contributed by atoms with E-state index in [0.29, 0.717) is 22.5 Å². The molecule has 2 aromatic rings. The Kier molecular flexibility index (Phi) is 4.57. The quantitative estimate of drug-likeness (QED) is 0.532. The number of carbonyl (C=O) groups excluding carboxylic acids is 1. The van der Waals surface area contributed by atoms with Crippen LogP contribution in [-0.4, -0.2) is 21.5 Å². The minimum atomic E-state index is -0.486. The summed E-state index contributed by atoms with van der Waals surface area (Å²) in [5, 5.41) is 14.7. The Balaban J connectivity index is 2.13. The normalized spacial score (nSPS) is 11.1. The van der Waals surface area contributed by atoms with Crippen LogP contribution in [0.15, 0.2) is 47.7 Å². The number of benzene rings is 1. The van der Waals surface area contributed by atoms with Gasteiger partial charge in [-0.15, -0.1) is 0 Å². The minimum Gasteiger partial charge on any atom is -0.267 e. The van der Waals surface area contributed by atoms with E-state index < -0.39 is 10.8 Å². The van der Waals surface area contributed by atoms with Crippen molar-refractivity contribution in [1.82, 2.24) is 10.4 Å². The zero-order valence-electron chi connectivity index (χ0n) is 12.1. The topological polar surface area (TPSA) is 97.5 Å². The molecule has 1 aromatic heterocycles. The number of rotatable bonds is 4. The highest BCUT2D eigenvalue weighted by molar-refractivity contribution is 5.99. The Morgan fingerprint density at radius 3 is 2.68 bits per heavy atom. The number of amides is 1. The van der Waals surface area contributed by atoms with Gasteiger partial charge >= 0.3 is 0 Å². The molecule has 1 N–H and O–H groups in total. The standard InChI is InChI=1S/C15H14N4O3/c1-10-9-12(6-7-14(10)19(21)22)15(20)18-17-11(2)13-5-3-4-8-16-13/h3-9H,1-2H3,(H,18,20). The first kappa shape index (κ1) is 15.3. The molecule has 7 nitrogen and oxygen atoms in total. The highest BCUT2D eigenvalue weighted by Gasteiger charge is 2.13. The van der Waals surface area contributed by atoms with Crippen LogP contribution in [-0.2, 0) is 0 Å². The van der Waals surface area contributed by atoms with Crippen molar-refractivity contribution in [2.75, 3.05) is 0 Å². The molecule has 7 heteroatoms. The Bertz CT molecular complexity index is 742. The van der Waals surface area contributed by atoms with E-state index in [1.807, 2.05) is 6.07 Å². The third-order valence-electron chi connectivity index (χ3n) is 3.02. The molecule has 1 aromatic carbocycles. The van der Waals surface area contributed by atoms with Crippen LogP contribution in [0.4, 0.5) is 5.69 Å². The number of aryl methyl sites for hydroxylation is 1. The predicted octanol–water partition coefficient (Wildman–Crippen LogP) is 2.45. The van der Waals surface area contributed by atoms with Crippen LogP contribution in [0.1, 0.15) is 28.5 Å². The van der Waals surface area contributed by atoms with Crippen molar-refractivity contribution in [3.8, 4) is 0 Å². The number of nitro benzene ring substituents is 1. The molecule has 2 rings (SSSR count). The second-order valence-corrected chi connectivity index (χ2v) is 4.61. The fourth-order valence-electron chi connectivity index (χ4n) is 1.83. The molecule has 22 heavy (non-hydrogen) atoms. The largest absolute Gasteiger partial charge is 0.272 e. The van der Waals surface area contributed by atoms with Crippen molar-refractivity contribution in [3.63, 3.8) is 0 Å².